The topological polar surface area (TPSA) is 111 Å². The number of phosphoric acid groups is 1. The summed E-state index contributed by atoms with van der Waals surface area (Å²) in [6, 6.07) is 0. The summed E-state index contributed by atoms with van der Waals surface area (Å²) in [6.07, 6.45) is 77.0. The molecule has 0 heterocycles. The molecule has 2 unspecified atom stereocenters. The summed E-state index contributed by atoms with van der Waals surface area (Å²) in [5.41, 5.74) is 0. The zero-order valence-corrected chi connectivity index (χ0v) is 51.8. The molecular weight excluding hydrogens is 978 g/mol. The molecule has 0 aliphatic carbocycles. The molecular formula is C67H122NO8P. The Kier molecular flexibility index (Phi) is 56.2. The van der Waals surface area contributed by atoms with E-state index < -0.39 is 32.5 Å². The SMILES string of the molecule is CC/C=C\C/C=C\C/C=C\C/C=C\C/C=C\C/C=C\CCCCC(=O)OC(COC(=O)CCCCCCCCCCCCCCCCCCCCCCCCCCCCCCCCCC)COP(=O)([O-])OCC[N+](C)(C)C. The lowest BCUT2D eigenvalue weighted by Crippen LogP contribution is -2.37. The third-order valence-electron chi connectivity index (χ3n) is 14.0. The van der Waals surface area contributed by atoms with Crippen molar-refractivity contribution in [1.82, 2.24) is 0 Å². The number of hydrogen-bond acceptors (Lipinski definition) is 8. The maximum atomic E-state index is 12.8. The van der Waals surface area contributed by atoms with Crippen LogP contribution in [0.2, 0.25) is 0 Å². The lowest BCUT2D eigenvalue weighted by Gasteiger charge is -2.28. The Balaban J connectivity index is 4.07. The Morgan fingerprint density at radius 1 is 0.416 bits per heavy atom. The summed E-state index contributed by atoms with van der Waals surface area (Å²) in [6.45, 7) is 4.11. The fourth-order valence-electron chi connectivity index (χ4n) is 9.07. The van der Waals surface area contributed by atoms with Gasteiger partial charge in [-0.15, -0.1) is 0 Å². The number of likely N-dealkylation sites (N-methyl/N-ethyl adjacent to an activating group) is 1. The van der Waals surface area contributed by atoms with Gasteiger partial charge in [-0.2, -0.15) is 0 Å². The Labute approximate surface area is 476 Å². The van der Waals surface area contributed by atoms with Crippen molar-refractivity contribution >= 4 is 19.8 Å². The number of ether oxygens (including phenoxy) is 2. The molecule has 0 N–H and O–H groups in total. The first kappa shape index (κ1) is 74.5. The molecule has 448 valence electrons. The molecule has 0 spiro atoms. The van der Waals surface area contributed by atoms with Gasteiger partial charge in [-0.05, 0) is 64.2 Å². The van der Waals surface area contributed by atoms with Crippen LogP contribution in [0.15, 0.2) is 72.9 Å². The van der Waals surface area contributed by atoms with E-state index in [1.165, 1.54) is 186 Å². The zero-order valence-electron chi connectivity index (χ0n) is 50.9. The van der Waals surface area contributed by atoms with Gasteiger partial charge in [0, 0.05) is 12.8 Å². The monoisotopic (exact) mass is 1100 g/mol. The summed E-state index contributed by atoms with van der Waals surface area (Å²) >= 11 is 0. The number of hydrogen-bond donors (Lipinski definition) is 0. The number of phosphoric ester groups is 1. The molecule has 0 aliphatic rings. The van der Waals surface area contributed by atoms with Crippen LogP contribution >= 0.6 is 7.82 Å². The van der Waals surface area contributed by atoms with Gasteiger partial charge < -0.3 is 27.9 Å². The van der Waals surface area contributed by atoms with Crippen LogP contribution in [0.25, 0.3) is 0 Å². The first-order valence-electron chi connectivity index (χ1n) is 32.1. The molecule has 0 bridgehead atoms. The van der Waals surface area contributed by atoms with E-state index >= 15 is 0 Å². The fraction of sp³-hybridized carbons (Fsp3) is 0.791. The van der Waals surface area contributed by atoms with Gasteiger partial charge in [0.25, 0.3) is 7.82 Å². The van der Waals surface area contributed by atoms with Gasteiger partial charge >= 0.3 is 11.9 Å². The normalized spacial score (nSPS) is 13.7. The predicted molar refractivity (Wildman–Crippen MR) is 328 cm³/mol. The van der Waals surface area contributed by atoms with Crippen molar-refractivity contribution in [3.8, 4) is 0 Å². The summed E-state index contributed by atoms with van der Waals surface area (Å²) in [5, 5.41) is 0. The van der Waals surface area contributed by atoms with E-state index in [1.807, 2.05) is 21.1 Å². The van der Waals surface area contributed by atoms with Gasteiger partial charge in [-0.3, -0.25) is 14.2 Å². The number of unbranched alkanes of at least 4 members (excludes halogenated alkanes) is 33. The lowest BCUT2D eigenvalue weighted by atomic mass is 10.0. The fourth-order valence-corrected chi connectivity index (χ4v) is 9.80. The van der Waals surface area contributed by atoms with Gasteiger partial charge in [0.2, 0.25) is 0 Å². The van der Waals surface area contributed by atoms with Crippen molar-refractivity contribution in [2.75, 3.05) is 47.5 Å². The average Bonchev–Trinajstić information content (AvgIpc) is 3.39. The van der Waals surface area contributed by atoms with Crippen LogP contribution in [0, 0.1) is 0 Å². The molecule has 0 aromatic rings. The molecule has 0 rings (SSSR count). The number of carbonyl (C=O) groups excluding carboxylic acids is 2. The summed E-state index contributed by atoms with van der Waals surface area (Å²) in [4.78, 5) is 37.9. The molecule has 0 aromatic carbocycles. The lowest BCUT2D eigenvalue weighted by molar-refractivity contribution is -0.870. The van der Waals surface area contributed by atoms with Gasteiger partial charge in [0.05, 0.1) is 27.7 Å². The first-order chi connectivity index (χ1) is 37.5. The molecule has 9 nitrogen and oxygen atoms in total. The standard InChI is InChI=1S/C67H122NO8P/c1-6-8-10-12-14-16-18-20-22-24-26-28-29-30-31-32-33-34-35-36-37-38-40-41-43-45-47-49-51-53-55-57-59-66(69)73-63-65(64-75-77(71,72)74-62-61-68(3,4)5)76-67(70)60-58-56-54-52-50-48-46-44-42-39-27-25-23-21-19-17-15-13-11-9-7-2/h9,11,15,17,21,23,27,39,44,46,50,52,65H,6-8,10,12-14,16,18-20,22,24-26,28-38,40-43,45,47-49,51,53-64H2,1-5H3/b11-9-,17-15-,23-21-,39-27-,46-44-,52-50-. The Hall–Kier alpha value is -2.55. The number of allylic oxidation sites excluding steroid dienone is 12. The largest absolute Gasteiger partial charge is 0.756 e. The maximum absolute atomic E-state index is 12.8. The minimum Gasteiger partial charge on any atom is -0.756 e. The molecule has 77 heavy (non-hydrogen) atoms. The third kappa shape index (κ3) is 62.5. The highest BCUT2D eigenvalue weighted by atomic mass is 31.2. The van der Waals surface area contributed by atoms with Gasteiger partial charge in [-0.25, -0.2) is 0 Å². The van der Waals surface area contributed by atoms with Crippen LogP contribution in [0.1, 0.15) is 290 Å². The number of carbonyl (C=O) groups is 2. The van der Waals surface area contributed by atoms with E-state index in [-0.39, 0.29) is 26.1 Å². The molecule has 0 aliphatic heterocycles. The van der Waals surface area contributed by atoms with Crippen LogP contribution in [0.4, 0.5) is 0 Å². The second-order valence-corrected chi connectivity index (χ2v) is 24.2. The van der Waals surface area contributed by atoms with Gasteiger partial charge in [-0.1, -0.05) is 286 Å². The highest BCUT2D eigenvalue weighted by Gasteiger charge is 2.22. The second kappa shape index (κ2) is 58.1. The van der Waals surface area contributed by atoms with Gasteiger partial charge in [0.15, 0.2) is 6.10 Å². The molecule has 2 atom stereocenters. The first-order valence-corrected chi connectivity index (χ1v) is 33.6. The quantitative estimate of drug-likeness (QED) is 0.0195. The van der Waals surface area contributed by atoms with Crippen molar-refractivity contribution in [3.05, 3.63) is 72.9 Å². The van der Waals surface area contributed by atoms with Crippen molar-refractivity contribution in [1.29, 1.82) is 0 Å². The minimum atomic E-state index is -4.65. The number of quaternary nitrogens is 1. The molecule has 0 fully saturated rings. The minimum absolute atomic E-state index is 0.0415. The average molecular weight is 1100 g/mol. The highest BCUT2D eigenvalue weighted by molar-refractivity contribution is 7.45. The summed E-state index contributed by atoms with van der Waals surface area (Å²) in [7, 11) is 1.14. The maximum Gasteiger partial charge on any atom is 0.306 e. The Bertz CT molecular complexity index is 1530. The van der Waals surface area contributed by atoms with E-state index in [9.17, 15) is 19.0 Å². The Morgan fingerprint density at radius 2 is 0.740 bits per heavy atom. The van der Waals surface area contributed by atoms with Gasteiger partial charge in [0.1, 0.15) is 19.8 Å². The molecule has 0 aromatic heterocycles. The number of nitrogens with zero attached hydrogens (tertiary/aromatic N) is 1. The van der Waals surface area contributed by atoms with Crippen molar-refractivity contribution in [2.45, 2.75) is 296 Å². The molecule has 0 amide bonds. The predicted octanol–water partition coefficient (Wildman–Crippen LogP) is 19.8. The number of esters is 2. The van der Waals surface area contributed by atoms with Crippen LogP contribution in [0.5, 0.6) is 0 Å². The molecule has 0 saturated heterocycles. The van der Waals surface area contributed by atoms with Crippen molar-refractivity contribution < 1.29 is 42.1 Å². The van der Waals surface area contributed by atoms with E-state index in [1.54, 1.807) is 0 Å². The van der Waals surface area contributed by atoms with Crippen LogP contribution < -0.4 is 4.89 Å². The van der Waals surface area contributed by atoms with E-state index in [2.05, 4.69) is 86.8 Å². The summed E-state index contributed by atoms with van der Waals surface area (Å²) < 4.78 is 34.2. The molecule has 0 radical (unpaired) electrons. The zero-order chi connectivity index (χ0) is 56.3. The molecule has 10 heteroatoms. The van der Waals surface area contributed by atoms with Crippen molar-refractivity contribution in [3.63, 3.8) is 0 Å². The van der Waals surface area contributed by atoms with E-state index in [4.69, 9.17) is 18.5 Å². The highest BCUT2D eigenvalue weighted by Crippen LogP contribution is 2.38. The smallest absolute Gasteiger partial charge is 0.306 e. The van der Waals surface area contributed by atoms with E-state index in [0.717, 1.165) is 70.6 Å². The Morgan fingerprint density at radius 3 is 1.10 bits per heavy atom. The van der Waals surface area contributed by atoms with E-state index in [0.29, 0.717) is 17.4 Å². The number of rotatable bonds is 59. The van der Waals surface area contributed by atoms with Crippen LogP contribution in [0.3, 0.4) is 0 Å². The van der Waals surface area contributed by atoms with Crippen molar-refractivity contribution in [2.24, 2.45) is 0 Å². The second-order valence-electron chi connectivity index (χ2n) is 22.8. The molecule has 0 saturated carbocycles. The van der Waals surface area contributed by atoms with Crippen LogP contribution in [-0.4, -0.2) is 70.0 Å². The van der Waals surface area contributed by atoms with Crippen LogP contribution in [-0.2, 0) is 32.7 Å². The summed E-state index contributed by atoms with van der Waals surface area (Å²) in [5.74, 6) is -0.877. The third-order valence-corrected chi connectivity index (χ3v) is 15.0.